The van der Waals surface area contributed by atoms with Gasteiger partial charge in [-0.1, -0.05) is 0 Å². The molecule has 2 heterocycles. The molecule has 5 nitrogen and oxygen atoms in total. The van der Waals surface area contributed by atoms with Crippen LogP contribution in [0.25, 0.3) is 0 Å². The van der Waals surface area contributed by atoms with E-state index in [0.717, 1.165) is 48.5 Å². The van der Waals surface area contributed by atoms with Crippen molar-refractivity contribution in [2.75, 3.05) is 6.54 Å². The average molecular weight is 337 g/mol. The van der Waals surface area contributed by atoms with Crippen LogP contribution in [0.4, 0.5) is 0 Å². The van der Waals surface area contributed by atoms with E-state index in [2.05, 4.69) is 20.8 Å². The molecule has 0 unspecified atom stereocenters. The van der Waals surface area contributed by atoms with Gasteiger partial charge in [-0.15, -0.1) is 12.4 Å². The quantitative estimate of drug-likeness (QED) is 0.775. The number of carbonyl (C=O) groups excluding carboxylic acids is 1. The van der Waals surface area contributed by atoms with Gasteiger partial charge in [-0.05, 0) is 56.3 Å². The average Bonchev–Trinajstić information content (AvgIpc) is 2.89. The third-order valence-electron chi connectivity index (χ3n) is 6.44. The second-order valence-corrected chi connectivity index (χ2v) is 8.11. The number of aromatic nitrogens is 2. The van der Waals surface area contributed by atoms with Crippen LogP contribution in [0.15, 0.2) is 0 Å². The van der Waals surface area contributed by atoms with Crippen LogP contribution in [0.3, 0.4) is 0 Å². The lowest BCUT2D eigenvalue weighted by Crippen LogP contribution is -2.60. The van der Waals surface area contributed by atoms with Crippen LogP contribution in [-0.2, 0) is 13.0 Å². The van der Waals surface area contributed by atoms with Crippen LogP contribution >= 0.6 is 12.4 Å². The summed E-state index contributed by atoms with van der Waals surface area (Å²) < 4.78 is 0. The molecule has 0 saturated heterocycles. The van der Waals surface area contributed by atoms with Crippen LogP contribution in [-0.4, -0.2) is 28.2 Å². The number of rotatable bonds is 2. The minimum Gasteiger partial charge on any atom is -0.345 e. The van der Waals surface area contributed by atoms with Crippen LogP contribution in [0.5, 0.6) is 0 Å². The Morgan fingerprint density at radius 1 is 1.13 bits per heavy atom. The van der Waals surface area contributed by atoms with E-state index >= 15 is 0 Å². The first-order valence-electron chi connectivity index (χ1n) is 8.80. The smallest absolute Gasteiger partial charge is 0.272 e. The predicted molar refractivity (Wildman–Crippen MR) is 89.6 cm³/mol. The normalized spacial score (nSPS) is 37.1. The topological polar surface area (TPSA) is 69.8 Å². The Labute approximate surface area is 142 Å². The summed E-state index contributed by atoms with van der Waals surface area (Å²) in [6, 6.07) is 0. The Kier molecular flexibility index (Phi) is 3.69. The zero-order valence-electron chi connectivity index (χ0n) is 13.4. The van der Waals surface area contributed by atoms with Crippen LogP contribution in [0, 0.1) is 17.8 Å². The molecule has 4 bridgehead atoms. The number of carbonyl (C=O) groups is 1. The lowest BCUT2D eigenvalue weighted by molar-refractivity contribution is -0.0168. The largest absolute Gasteiger partial charge is 0.345 e. The molecule has 23 heavy (non-hydrogen) atoms. The van der Waals surface area contributed by atoms with Gasteiger partial charge in [-0.25, -0.2) is 0 Å². The molecule has 4 saturated carbocycles. The molecule has 0 aromatic carbocycles. The molecular formula is C17H25ClN4O. The summed E-state index contributed by atoms with van der Waals surface area (Å²) in [5.41, 5.74) is 2.90. The fraction of sp³-hybridized carbons (Fsp3) is 0.765. The molecule has 0 spiro atoms. The number of nitrogens with zero attached hydrogens (tertiary/aromatic N) is 1. The van der Waals surface area contributed by atoms with Crippen LogP contribution < -0.4 is 10.6 Å². The number of hydrogen-bond donors (Lipinski definition) is 3. The highest BCUT2D eigenvalue weighted by atomic mass is 35.5. The molecule has 1 aromatic heterocycles. The van der Waals surface area contributed by atoms with E-state index in [0.29, 0.717) is 5.69 Å². The van der Waals surface area contributed by atoms with Gasteiger partial charge in [0, 0.05) is 36.3 Å². The molecule has 4 fully saturated rings. The van der Waals surface area contributed by atoms with Crippen molar-refractivity contribution in [3.05, 3.63) is 17.0 Å². The lowest BCUT2D eigenvalue weighted by Gasteiger charge is -2.56. The van der Waals surface area contributed by atoms with Crippen molar-refractivity contribution >= 4 is 18.3 Å². The summed E-state index contributed by atoms with van der Waals surface area (Å²) >= 11 is 0. The molecular weight excluding hydrogens is 312 g/mol. The highest BCUT2D eigenvalue weighted by molar-refractivity contribution is 5.94. The monoisotopic (exact) mass is 336 g/mol. The Balaban J connectivity index is 0.00000135. The highest BCUT2D eigenvalue weighted by Gasteiger charge is 2.51. The summed E-state index contributed by atoms with van der Waals surface area (Å²) in [6.07, 6.45) is 8.71. The molecule has 1 aliphatic heterocycles. The van der Waals surface area contributed by atoms with Crippen LogP contribution in [0.2, 0.25) is 0 Å². The minimum atomic E-state index is 0. The molecule has 5 aliphatic rings. The van der Waals surface area contributed by atoms with Crippen molar-refractivity contribution < 1.29 is 4.79 Å². The number of H-pyrrole nitrogens is 1. The van der Waals surface area contributed by atoms with Crippen molar-refractivity contribution in [3.8, 4) is 0 Å². The molecule has 4 aliphatic carbocycles. The van der Waals surface area contributed by atoms with Crippen molar-refractivity contribution in [2.45, 2.75) is 57.0 Å². The van der Waals surface area contributed by atoms with E-state index < -0.39 is 0 Å². The standard InChI is InChI=1S/C17H24N4O.ClH/c22-16(15-13-9-18-2-1-14(13)20-21-15)19-17-6-10-3-11(7-17)5-12(4-10)8-17;/h10-12,18H,1-9H2,(H,19,22)(H,20,21);1H. The summed E-state index contributed by atoms with van der Waals surface area (Å²) in [6.45, 7) is 1.72. The molecule has 1 amide bonds. The van der Waals surface area contributed by atoms with Crippen molar-refractivity contribution in [1.29, 1.82) is 0 Å². The Morgan fingerprint density at radius 3 is 2.43 bits per heavy atom. The first-order chi connectivity index (χ1) is 10.7. The number of nitrogens with one attached hydrogen (secondary N) is 3. The molecule has 6 rings (SSSR count). The van der Waals surface area contributed by atoms with E-state index in [1.807, 2.05) is 0 Å². The van der Waals surface area contributed by atoms with Crippen molar-refractivity contribution in [3.63, 3.8) is 0 Å². The first-order valence-corrected chi connectivity index (χ1v) is 8.80. The zero-order valence-corrected chi connectivity index (χ0v) is 14.2. The second-order valence-electron chi connectivity index (χ2n) is 8.11. The van der Waals surface area contributed by atoms with E-state index in [-0.39, 0.29) is 23.9 Å². The SMILES string of the molecule is Cl.O=C(NC12CC3CC(CC(C3)C1)C2)c1n[nH]c2c1CNCC2. The fourth-order valence-electron chi connectivity index (χ4n) is 5.98. The molecule has 126 valence electrons. The number of halogens is 1. The van der Waals surface area contributed by atoms with Gasteiger partial charge in [-0.2, -0.15) is 5.10 Å². The Hall–Kier alpha value is -1.07. The van der Waals surface area contributed by atoms with Gasteiger partial charge in [0.25, 0.3) is 5.91 Å². The molecule has 0 radical (unpaired) electrons. The highest BCUT2D eigenvalue weighted by Crippen LogP contribution is 2.55. The van der Waals surface area contributed by atoms with E-state index in [9.17, 15) is 4.79 Å². The van der Waals surface area contributed by atoms with Gasteiger partial charge in [0.15, 0.2) is 5.69 Å². The summed E-state index contributed by atoms with van der Waals surface area (Å²) in [5.74, 6) is 2.59. The van der Waals surface area contributed by atoms with E-state index in [4.69, 9.17) is 0 Å². The van der Waals surface area contributed by atoms with Gasteiger partial charge >= 0.3 is 0 Å². The van der Waals surface area contributed by atoms with Crippen molar-refractivity contribution in [2.24, 2.45) is 17.8 Å². The van der Waals surface area contributed by atoms with Gasteiger partial charge in [0.05, 0.1) is 0 Å². The number of hydrogen-bond acceptors (Lipinski definition) is 3. The maximum atomic E-state index is 12.8. The van der Waals surface area contributed by atoms with E-state index in [1.165, 1.54) is 38.5 Å². The third kappa shape index (κ3) is 2.49. The van der Waals surface area contributed by atoms with Gasteiger partial charge in [-0.3, -0.25) is 9.89 Å². The van der Waals surface area contributed by atoms with E-state index in [1.54, 1.807) is 0 Å². The minimum absolute atomic E-state index is 0. The molecule has 1 aromatic rings. The Bertz CT molecular complexity index is 591. The first kappa shape index (κ1) is 15.5. The number of aromatic amines is 1. The van der Waals surface area contributed by atoms with Gasteiger partial charge in [0.2, 0.25) is 0 Å². The Morgan fingerprint density at radius 2 is 1.78 bits per heavy atom. The van der Waals surface area contributed by atoms with Crippen molar-refractivity contribution in [1.82, 2.24) is 20.8 Å². The fourth-order valence-corrected chi connectivity index (χ4v) is 5.98. The summed E-state index contributed by atoms with van der Waals surface area (Å²) in [4.78, 5) is 12.8. The van der Waals surface area contributed by atoms with Gasteiger partial charge in [0.1, 0.15) is 0 Å². The zero-order chi connectivity index (χ0) is 14.7. The summed E-state index contributed by atoms with van der Waals surface area (Å²) in [7, 11) is 0. The molecule has 3 N–H and O–H groups in total. The van der Waals surface area contributed by atoms with Gasteiger partial charge < -0.3 is 10.6 Å². The number of fused-ring (bicyclic) bond motifs is 1. The second kappa shape index (κ2) is 5.49. The molecule has 0 atom stereocenters. The lowest BCUT2D eigenvalue weighted by atomic mass is 9.53. The third-order valence-corrected chi connectivity index (χ3v) is 6.44. The predicted octanol–water partition coefficient (Wildman–Crippen LogP) is 2.18. The van der Waals surface area contributed by atoms with Crippen LogP contribution in [0.1, 0.15) is 60.3 Å². The maximum Gasteiger partial charge on any atom is 0.272 e. The molecule has 6 heteroatoms. The maximum absolute atomic E-state index is 12.8. The number of amides is 1. The summed E-state index contributed by atoms with van der Waals surface area (Å²) in [5, 5.41) is 14.2.